The van der Waals surface area contributed by atoms with E-state index in [1.807, 2.05) is 0 Å². The number of hydrogen-bond acceptors (Lipinski definition) is 6. The van der Waals surface area contributed by atoms with Gasteiger partial charge in [0.25, 0.3) is 0 Å². The average molecular weight is 992 g/mol. The third-order valence-electron chi connectivity index (χ3n) is 14.7. The Bertz CT molecular complexity index is 901. The van der Waals surface area contributed by atoms with Crippen LogP contribution in [0.15, 0.2) is 0 Å². The molecular weight excluding hydrogens is 861 g/mol. The van der Waals surface area contributed by atoms with Crippen LogP contribution >= 0.6 is 0 Å². The van der Waals surface area contributed by atoms with Gasteiger partial charge in [0.15, 0.2) is 0 Å². The van der Waals surface area contributed by atoms with Crippen molar-refractivity contribution in [1.82, 2.24) is 10.6 Å². The highest BCUT2D eigenvalue weighted by atomic mass is 16.5. The molecule has 2 unspecified atom stereocenters. The molecule has 0 aliphatic rings. The Hall–Kier alpha value is -1.14. The standard InChI is InChI=1S/2C32H65NO2/c2*1-4-7-10-13-15-16-18-23-28-33-29-24-19-22-27-32(34)35-30-31(25-20-12-9-6-3)26-21-17-14-11-8-5-2/h2*31,33H,4-30H2,1-3H3. The minimum Gasteiger partial charge on any atom is -0.465 e. The zero-order valence-corrected chi connectivity index (χ0v) is 49.0. The van der Waals surface area contributed by atoms with Crippen LogP contribution in [0.1, 0.15) is 350 Å². The van der Waals surface area contributed by atoms with Gasteiger partial charge in [0.1, 0.15) is 0 Å². The second-order valence-corrected chi connectivity index (χ2v) is 22.0. The summed E-state index contributed by atoms with van der Waals surface area (Å²) in [5, 5.41) is 7.15. The topological polar surface area (TPSA) is 76.7 Å². The van der Waals surface area contributed by atoms with Crippen LogP contribution in [0.3, 0.4) is 0 Å². The summed E-state index contributed by atoms with van der Waals surface area (Å²) in [4.78, 5) is 24.5. The Balaban J connectivity index is 0. The third kappa shape index (κ3) is 61.2. The van der Waals surface area contributed by atoms with E-state index in [-0.39, 0.29) is 11.9 Å². The van der Waals surface area contributed by atoms with Crippen LogP contribution in [0, 0.1) is 11.8 Å². The predicted octanol–water partition coefficient (Wildman–Crippen LogP) is 20.3. The van der Waals surface area contributed by atoms with Gasteiger partial charge in [-0.05, 0) is 102 Å². The van der Waals surface area contributed by atoms with Crippen molar-refractivity contribution in [3.63, 3.8) is 0 Å². The molecule has 2 atom stereocenters. The number of unbranched alkanes of at least 4 members (excludes halogenated alkanes) is 34. The normalized spacial score (nSPS) is 12.2. The van der Waals surface area contributed by atoms with Gasteiger partial charge < -0.3 is 20.1 Å². The van der Waals surface area contributed by atoms with Crippen molar-refractivity contribution < 1.29 is 19.1 Å². The molecule has 0 aromatic rings. The second-order valence-electron chi connectivity index (χ2n) is 22.0. The number of carbonyl (C=O) groups is 2. The van der Waals surface area contributed by atoms with Gasteiger partial charge in [0.2, 0.25) is 0 Å². The van der Waals surface area contributed by atoms with Gasteiger partial charge in [-0.3, -0.25) is 9.59 Å². The Morgan fingerprint density at radius 3 is 0.729 bits per heavy atom. The molecule has 0 aromatic heterocycles. The van der Waals surface area contributed by atoms with Crippen molar-refractivity contribution in [3.8, 4) is 0 Å². The van der Waals surface area contributed by atoms with Gasteiger partial charge in [0.05, 0.1) is 13.2 Å². The van der Waals surface area contributed by atoms with E-state index in [0.29, 0.717) is 37.9 Å². The molecule has 2 N–H and O–H groups in total. The fourth-order valence-electron chi connectivity index (χ4n) is 9.74. The molecule has 0 aliphatic heterocycles. The van der Waals surface area contributed by atoms with E-state index in [4.69, 9.17) is 9.47 Å². The molecule has 0 saturated carbocycles. The second kappa shape index (κ2) is 64.0. The molecule has 0 amide bonds. The molecule has 0 aliphatic carbocycles. The molecule has 0 fully saturated rings. The summed E-state index contributed by atoms with van der Waals surface area (Å²) in [5.74, 6) is 1.20. The quantitative estimate of drug-likeness (QED) is 0.0467. The highest BCUT2D eigenvalue weighted by molar-refractivity contribution is 5.69. The lowest BCUT2D eigenvalue weighted by atomic mass is 9.95. The van der Waals surface area contributed by atoms with E-state index in [1.54, 1.807) is 0 Å². The first kappa shape index (κ1) is 70.9. The summed E-state index contributed by atoms with van der Waals surface area (Å²) in [6.45, 7) is 19.4. The van der Waals surface area contributed by atoms with E-state index >= 15 is 0 Å². The van der Waals surface area contributed by atoms with E-state index in [1.165, 1.54) is 270 Å². The minimum absolute atomic E-state index is 0.0263. The van der Waals surface area contributed by atoms with E-state index in [0.717, 1.165) is 51.9 Å². The summed E-state index contributed by atoms with van der Waals surface area (Å²) in [6, 6.07) is 0. The maximum atomic E-state index is 12.3. The summed E-state index contributed by atoms with van der Waals surface area (Å²) in [5.41, 5.74) is 0. The highest BCUT2D eigenvalue weighted by Crippen LogP contribution is 2.22. The summed E-state index contributed by atoms with van der Waals surface area (Å²) < 4.78 is 11.4. The number of rotatable bonds is 58. The van der Waals surface area contributed by atoms with Crippen LogP contribution in [0.5, 0.6) is 0 Å². The van der Waals surface area contributed by atoms with Crippen molar-refractivity contribution in [3.05, 3.63) is 0 Å². The van der Waals surface area contributed by atoms with Gasteiger partial charge in [0, 0.05) is 12.8 Å². The number of hydrogen-bond donors (Lipinski definition) is 2. The molecular formula is C64H130N2O4. The van der Waals surface area contributed by atoms with Crippen molar-refractivity contribution in [1.29, 1.82) is 0 Å². The number of carbonyl (C=O) groups excluding carboxylic acids is 2. The molecule has 6 heteroatoms. The zero-order chi connectivity index (χ0) is 51.3. The molecule has 6 nitrogen and oxygen atoms in total. The number of esters is 2. The molecule has 0 spiro atoms. The SMILES string of the molecule is CCCCCCCCCCNCCCCCC(=O)OCC(CCCCCC)CCCCCCCC.CCCCCCCCCCNCCCCCC(=O)OCC(CCCCCC)CCCCCCCC. The van der Waals surface area contributed by atoms with E-state index in [2.05, 4.69) is 52.2 Å². The van der Waals surface area contributed by atoms with Gasteiger partial charge >= 0.3 is 11.9 Å². The summed E-state index contributed by atoms with van der Waals surface area (Å²) in [6.07, 6.45) is 61.3. The monoisotopic (exact) mass is 991 g/mol. The first-order valence-electron chi connectivity index (χ1n) is 32.2. The molecule has 0 radical (unpaired) electrons. The first-order chi connectivity index (χ1) is 34.5. The van der Waals surface area contributed by atoms with Crippen LogP contribution in [0.4, 0.5) is 0 Å². The Morgan fingerprint density at radius 2 is 0.471 bits per heavy atom. The van der Waals surface area contributed by atoms with E-state index in [9.17, 15) is 9.59 Å². The Morgan fingerprint density at radius 1 is 0.271 bits per heavy atom. The van der Waals surface area contributed by atoms with Crippen LogP contribution in [-0.4, -0.2) is 51.3 Å². The van der Waals surface area contributed by atoms with Crippen molar-refractivity contribution >= 4 is 11.9 Å². The third-order valence-corrected chi connectivity index (χ3v) is 14.7. The van der Waals surface area contributed by atoms with Gasteiger partial charge in [-0.15, -0.1) is 0 Å². The van der Waals surface area contributed by atoms with Crippen LogP contribution in [-0.2, 0) is 19.1 Å². The van der Waals surface area contributed by atoms with Crippen LogP contribution < -0.4 is 10.6 Å². The van der Waals surface area contributed by atoms with Crippen molar-refractivity contribution in [2.24, 2.45) is 11.8 Å². The van der Waals surface area contributed by atoms with Gasteiger partial charge in [-0.25, -0.2) is 0 Å². The lowest BCUT2D eigenvalue weighted by Crippen LogP contribution is -2.17. The fraction of sp³-hybridized carbons (Fsp3) is 0.969. The molecule has 0 saturated heterocycles. The molecule has 420 valence electrons. The number of ether oxygens (including phenoxy) is 2. The molecule has 0 heterocycles. The maximum absolute atomic E-state index is 12.3. The summed E-state index contributed by atoms with van der Waals surface area (Å²) >= 11 is 0. The average Bonchev–Trinajstić information content (AvgIpc) is 3.36. The number of nitrogens with one attached hydrogen (secondary N) is 2. The van der Waals surface area contributed by atoms with Crippen molar-refractivity contribution in [2.75, 3.05) is 39.4 Å². The lowest BCUT2D eigenvalue weighted by molar-refractivity contribution is -0.146. The predicted molar refractivity (Wildman–Crippen MR) is 310 cm³/mol. The largest absolute Gasteiger partial charge is 0.465 e. The van der Waals surface area contributed by atoms with Gasteiger partial charge in [-0.2, -0.15) is 0 Å². The highest BCUT2D eigenvalue weighted by Gasteiger charge is 2.14. The minimum atomic E-state index is 0.0263. The molecule has 0 bridgehead atoms. The van der Waals surface area contributed by atoms with Crippen LogP contribution in [0.25, 0.3) is 0 Å². The van der Waals surface area contributed by atoms with Crippen molar-refractivity contribution in [2.45, 2.75) is 350 Å². The molecule has 0 rings (SSSR count). The van der Waals surface area contributed by atoms with Gasteiger partial charge in [-0.1, -0.05) is 273 Å². The molecule has 70 heavy (non-hydrogen) atoms. The maximum Gasteiger partial charge on any atom is 0.305 e. The van der Waals surface area contributed by atoms with E-state index < -0.39 is 0 Å². The Kier molecular flexibility index (Phi) is 64.8. The molecule has 0 aromatic carbocycles. The van der Waals surface area contributed by atoms with Crippen LogP contribution in [0.2, 0.25) is 0 Å². The smallest absolute Gasteiger partial charge is 0.305 e. The summed E-state index contributed by atoms with van der Waals surface area (Å²) in [7, 11) is 0. The Labute approximate surface area is 440 Å². The fourth-order valence-corrected chi connectivity index (χ4v) is 9.74. The first-order valence-corrected chi connectivity index (χ1v) is 32.2. The zero-order valence-electron chi connectivity index (χ0n) is 49.0. The lowest BCUT2D eigenvalue weighted by Gasteiger charge is -2.17.